The maximum absolute atomic E-state index is 13.3. The Morgan fingerprint density at radius 3 is 2.50 bits per heavy atom. The molecule has 1 aromatic heterocycles. The lowest BCUT2D eigenvalue weighted by Crippen LogP contribution is -2.17. The largest absolute Gasteiger partial charge is 0.496 e. The van der Waals surface area contributed by atoms with Crippen molar-refractivity contribution in [1.29, 1.82) is 0 Å². The third kappa shape index (κ3) is 4.10. The van der Waals surface area contributed by atoms with Crippen LogP contribution in [0.2, 0.25) is 0 Å². The first-order valence-corrected chi connectivity index (χ1v) is 10.5. The van der Waals surface area contributed by atoms with Crippen LogP contribution in [0.4, 0.5) is 4.39 Å². The highest BCUT2D eigenvalue weighted by Gasteiger charge is 2.15. The summed E-state index contributed by atoms with van der Waals surface area (Å²) in [5.74, 6) is 0.0634. The van der Waals surface area contributed by atoms with Gasteiger partial charge in [0.1, 0.15) is 11.6 Å². The van der Waals surface area contributed by atoms with E-state index < -0.39 is 0 Å². The van der Waals surface area contributed by atoms with Gasteiger partial charge in [0.05, 0.1) is 17.3 Å². The molecule has 0 saturated carbocycles. The topological polar surface area (TPSA) is 43.6 Å². The minimum atomic E-state index is -0.319. The van der Waals surface area contributed by atoms with Gasteiger partial charge in [-0.15, -0.1) is 11.3 Å². The van der Waals surface area contributed by atoms with Gasteiger partial charge in [-0.1, -0.05) is 6.92 Å². The molecular formula is C21H20BrFN2O2S. The number of rotatable bonds is 5. The minimum absolute atomic E-state index is 0.273. The van der Waals surface area contributed by atoms with Gasteiger partial charge in [-0.3, -0.25) is 4.79 Å². The van der Waals surface area contributed by atoms with Gasteiger partial charge in [-0.05, 0) is 77.3 Å². The maximum Gasteiger partial charge on any atom is 0.279 e. The van der Waals surface area contributed by atoms with Gasteiger partial charge in [0.25, 0.3) is 5.91 Å². The van der Waals surface area contributed by atoms with Gasteiger partial charge in [0.2, 0.25) is 0 Å². The molecule has 28 heavy (non-hydrogen) atoms. The third-order valence-electron chi connectivity index (χ3n) is 4.33. The fourth-order valence-electron chi connectivity index (χ4n) is 2.95. The lowest BCUT2D eigenvalue weighted by Gasteiger charge is -2.08. The lowest BCUT2D eigenvalue weighted by atomic mass is 10.1. The highest BCUT2D eigenvalue weighted by atomic mass is 79.9. The van der Waals surface area contributed by atoms with Crippen molar-refractivity contribution in [2.45, 2.75) is 26.8 Å². The molecule has 0 aliphatic heterocycles. The number of nitrogens with zero attached hydrogens (tertiary/aromatic N) is 2. The Balaban J connectivity index is 2.10. The molecule has 1 amide bonds. The molecule has 0 saturated heterocycles. The number of halogens is 2. The zero-order valence-corrected chi connectivity index (χ0v) is 18.2. The van der Waals surface area contributed by atoms with Crippen molar-refractivity contribution in [1.82, 2.24) is 4.57 Å². The predicted octanol–water partition coefficient (Wildman–Crippen LogP) is 5.45. The summed E-state index contributed by atoms with van der Waals surface area (Å²) in [4.78, 5) is 18.9. The molecule has 1 heterocycles. The molecule has 7 heteroatoms. The molecule has 0 bridgehead atoms. The van der Waals surface area contributed by atoms with Crippen LogP contribution in [0.1, 0.15) is 29.1 Å². The van der Waals surface area contributed by atoms with Crippen LogP contribution in [0.15, 0.2) is 51.9 Å². The van der Waals surface area contributed by atoms with E-state index in [2.05, 4.69) is 27.8 Å². The Morgan fingerprint density at radius 1 is 1.21 bits per heavy atom. The van der Waals surface area contributed by atoms with Crippen molar-refractivity contribution in [3.05, 3.63) is 68.0 Å². The number of carbonyl (C=O) groups is 1. The number of benzene rings is 2. The SMILES string of the molecule is CCc1sc(=NC(=O)c2ccc(OC)c(Br)c2)n(CC)c1-c1ccc(F)cc1. The second-order valence-electron chi connectivity index (χ2n) is 6.03. The van der Waals surface area contributed by atoms with Crippen molar-refractivity contribution in [3.63, 3.8) is 0 Å². The molecule has 0 aliphatic rings. The van der Waals surface area contributed by atoms with Crippen molar-refractivity contribution in [2.24, 2.45) is 4.99 Å². The highest BCUT2D eigenvalue weighted by molar-refractivity contribution is 9.10. The van der Waals surface area contributed by atoms with Gasteiger partial charge in [-0.2, -0.15) is 4.99 Å². The summed E-state index contributed by atoms with van der Waals surface area (Å²) >= 11 is 4.89. The number of thiazole rings is 1. The molecule has 3 aromatic rings. The molecule has 0 fully saturated rings. The van der Waals surface area contributed by atoms with Gasteiger partial charge in [-0.25, -0.2) is 4.39 Å². The van der Waals surface area contributed by atoms with Crippen LogP contribution in [0.5, 0.6) is 5.75 Å². The van der Waals surface area contributed by atoms with Crippen LogP contribution in [0.25, 0.3) is 11.3 Å². The molecule has 2 aromatic carbocycles. The Kier molecular flexibility index (Phi) is 6.46. The zero-order valence-electron chi connectivity index (χ0n) is 15.8. The Bertz CT molecular complexity index is 1070. The summed E-state index contributed by atoms with van der Waals surface area (Å²) < 4.78 is 21.3. The normalized spacial score (nSPS) is 11.7. The van der Waals surface area contributed by atoms with Crippen LogP contribution in [0, 0.1) is 5.82 Å². The Labute approximate surface area is 175 Å². The summed E-state index contributed by atoms with van der Waals surface area (Å²) in [5, 5.41) is 0. The molecule has 0 radical (unpaired) electrons. The first kappa shape index (κ1) is 20.5. The number of hydrogen-bond acceptors (Lipinski definition) is 3. The summed E-state index contributed by atoms with van der Waals surface area (Å²) in [6.07, 6.45) is 0.801. The van der Waals surface area contributed by atoms with E-state index >= 15 is 0 Å². The summed E-state index contributed by atoms with van der Waals surface area (Å²) in [6.45, 7) is 4.72. The molecule has 0 unspecified atom stereocenters. The van der Waals surface area contributed by atoms with Crippen LogP contribution < -0.4 is 9.54 Å². The Morgan fingerprint density at radius 2 is 1.93 bits per heavy atom. The van der Waals surface area contributed by atoms with Crippen molar-refractivity contribution < 1.29 is 13.9 Å². The second-order valence-corrected chi connectivity index (χ2v) is 7.94. The van der Waals surface area contributed by atoms with Gasteiger partial charge in [0.15, 0.2) is 4.80 Å². The number of aromatic nitrogens is 1. The first-order valence-electron chi connectivity index (χ1n) is 8.89. The number of hydrogen-bond donors (Lipinski definition) is 0. The lowest BCUT2D eigenvalue weighted by molar-refractivity contribution is 0.0997. The summed E-state index contributed by atoms with van der Waals surface area (Å²) in [7, 11) is 1.57. The van der Waals surface area contributed by atoms with Crippen LogP contribution in [0.3, 0.4) is 0 Å². The minimum Gasteiger partial charge on any atom is -0.496 e. The van der Waals surface area contributed by atoms with E-state index in [4.69, 9.17) is 4.74 Å². The average Bonchev–Trinajstić information content (AvgIpc) is 3.05. The van der Waals surface area contributed by atoms with E-state index in [1.807, 2.05) is 11.5 Å². The van der Waals surface area contributed by atoms with E-state index in [1.165, 1.54) is 23.5 Å². The van der Waals surface area contributed by atoms with Crippen LogP contribution in [-0.4, -0.2) is 17.6 Å². The fraction of sp³-hybridized carbons (Fsp3) is 0.238. The fourth-order valence-corrected chi connectivity index (χ4v) is 4.64. The van der Waals surface area contributed by atoms with Crippen molar-refractivity contribution in [2.75, 3.05) is 7.11 Å². The number of methoxy groups -OCH3 is 1. The van der Waals surface area contributed by atoms with Crippen molar-refractivity contribution >= 4 is 33.2 Å². The molecule has 146 valence electrons. The van der Waals surface area contributed by atoms with E-state index in [1.54, 1.807) is 37.4 Å². The predicted molar refractivity (Wildman–Crippen MR) is 113 cm³/mol. The van der Waals surface area contributed by atoms with Crippen LogP contribution >= 0.6 is 27.3 Å². The highest BCUT2D eigenvalue weighted by Crippen LogP contribution is 2.28. The van der Waals surface area contributed by atoms with Crippen LogP contribution in [-0.2, 0) is 13.0 Å². The quantitative estimate of drug-likeness (QED) is 0.505. The molecule has 0 atom stereocenters. The van der Waals surface area contributed by atoms with Gasteiger partial charge in [0, 0.05) is 17.0 Å². The smallest absolute Gasteiger partial charge is 0.279 e. The van der Waals surface area contributed by atoms with E-state index in [0.717, 1.165) is 22.6 Å². The maximum atomic E-state index is 13.3. The summed E-state index contributed by atoms with van der Waals surface area (Å²) in [6, 6.07) is 11.5. The number of aryl methyl sites for hydroxylation is 1. The second kappa shape index (κ2) is 8.84. The average molecular weight is 463 g/mol. The molecule has 0 aliphatic carbocycles. The van der Waals surface area contributed by atoms with E-state index in [-0.39, 0.29) is 11.7 Å². The Hall–Kier alpha value is -2.25. The van der Waals surface area contributed by atoms with Gasteiger partial charge < -0.3 is 9.30 Å². The molecule has 4 nitrogen and oxygen atoms in total. The third-order valence-corrected chi connectivity index (χ3v) is 6.17. The first-order chi connectivity index (χ1) is 13.5. The zero-order chi connectivity index (χ0) is 20.3. The summed E-state index contributed by atoms with van der Waals surface area (Å²) in [5.41, 5.74) is 2.38. The number of ether oxygens (including phenoxy) is 1. The molecule has 0 N–H and O–H groups in total. The molecule has 0 spiro atoms. The molecular weight excluding hydrogens is 443 g/mol. The van der Waals surface area contributed by atoms with Crippen molar-refractivity contribution in [3.8, 4) is 17.0 Å². The molecule has 3 rings (SSSR count). The monoisotopic (exact) mass is 462 g/mol. The van der Waals surface area contributed by atoms with E-state index in [9.17, 15) is 9.18 Å². The van der Waals surface area contributed by atoms with E-state index in [0.29, 0.717) is 27.1 Å². The standard InChI is InChI=1S/C21H20BrFN2O2S/c1-4-18-19(13-6-9-15(23)10-7-13)25(5-2)21(28-18)24-20(26)14-8-11-17(27-3)16(22)12-14/h6-12H,4-5H2,1-3H3. The number of amides is 1. The van der Waals surface area contributed by atoms with Gasteiger partial charge >= 0.3 is 0 Å². The number of carbonyl (C=O) groups excluding carboxylic acids is 1.